The zero-order valence-corrected chi connectivity index (χ0v) is 15.3. The topological polar surface area (TPSA) is 89.6 Å². The van der Waals surface area contributed by atoms with Gasteiger partial charge in [0.05, 0.1) is 5.02 Å². The molecule has 0 bridgehead atoms. The molecular formula is C19H18ClFN4O2. The Morgan fingerprint density at radius 1 is 1.41 bits per heavy atom. The van der Waals surface area contributed by atoms with Gasteiger partial charge < -0.3 is 15.8 Å². The Balaban J connectivity index is 1.74. The molecule has 8 heteroatoms. The molecule has 3 rings (SSSR count). The van der Waals surface area contributed by atoms with Gasteiger partial charge in [0, 0.05) is 17.8 Å². The normalized spacial score (nSPS) is 16.8. The van der Waals surface area contributed by atoms with E-state index in [1.54, 1.807) is 6.07 Å². The highest BCUT2D eigenvalue weighted by Crippen LogP contribution is 2.27. The number of anilines is 1. The smallest absolute Gasteiger partial charge is 0.292 e. The molecule has 0 saturated carbocycles. The Morgan fingerprint density at radius 3 is 2.89 bits per heavy atom. The third-order valence-electron chi connectivity index (χ3n) is 4.05. The van der Waals surface area contributed by atoms with E-state index in [1.165, 1.54) is 30.5 Å². The Labute approximate surface area is 160 Å². The minimum Gasteiger partial charge on any atom is -0.431 e. The van der Waals surface area contributed by atoms with Crippen LogP contribution in [-0.4, -0.2) is 16.9 Å². The summed E-state index contributed by atoms with van der Waals surface area (Å²) < 4.78 is 19.5. The molecule has 0 radical (unpaired) electrons. The molecule has 140 valence electrons. The van der Waals surface area contributed by atoms with E-state index in [0.29, 0.717) is 10.7 Å². The third kappa shape index (κ3) is 4.83. The number of aromatic nitrogens is 1. The van der Waals surface area contributed by atoms with Gasteiger partial charge >= 0.3 is 0 Å². The number of halogens is 2. The fourth-order valence-corrected chi connectivity index (χ4v) is 2.72. The number of pyridine rings is 1. The van der Waals surface area contributed by atoms with Gasteiger partial charge in [-0.15, -0.1) is 0 Å². The van der Waals surface area contributed by atoms with Crippen molar-refractivity contribution in [2.75, 3.05) is 5.32 Å². The van der Waals surface area contributed by atoms with Crippen LogP contribution in [0, 0.1) is 11.7 Å². The van der Waals surface area contributed by atoms with Crippen LogP contribution in [0.5, 0.6) is 0 Å². The highest BCUT2D eigenvalue weighted by molar-refractivity contribution is 6.30. The summed E-state index contributed by atoms with van der Waals surface area (Å²) in [4.78, 5) is 20.1. The summed E-state index contributed by atoms with van der Waals surface area (Å²) in [7, 11) is 0. The van der Waals surface area contributed by atoms with Crippen LogP contribution in [0.4, 0.5) is 15.8 Å². The van der Waals surface area contributed by atoms with Gasteiger partial charge in [-0.05, 0) is 49.2 Å². The van der Waals surface area contributed by atoms with Gasteiger partial charge in [0.2, 0.25) is 0 Å². The van der Waals surface area contributed by atoms with Crippen molar-refractivity contribution in [1.29, 1.82) is 0 Å². The molecule has 2 aromatic rings. The lowest BCUT2D eigenvalue weighted by Crippen LogP contribution is -2.17. The standard InChI is InChI=1S/C19H18ClFN4O2/c1-11-3-2-4-17(11)27-19(22)25-16-9-13(6-7-14(16)21)24-18(26)15-8-5-12(20)10-23-15/h4-11H,2-3H2,1H3,(H2,22,25)(H,24,26)/t11-/m0/s1. The monoisotopic (exact) mass is 388 g/mol. The Morgan fingerprint density at radius 2 is 2.22 bits per heavy atom. The number of aliphatic imine (C=N–C) groups is 1. The van der Waals surface area contributed by atoms with Crippen LogP contribution in [0.15, 0.2) is 53.4 Å². The summed E-state index contributed by atoms with van der Waals surface area (Å²) >= 11 is 5.75. The number of carbonyl (C=O) groups excluding carboxylic acids is 1. The maximum Gasteiger partial charge on any atom is 0.292 e. The zero-order chi connectivity index (χ0) is 19.4. The molecule has 1 aromatic heterocycles. The first-order valence-corrected chi connectivity index (χ1v) is 8.74. The number of hydrogen-bond acceptors (Lipinski definition) is 4. The van der Waals surface area contributed by atoms with Crippen molar-refractivity contribution in [3.05, 3.63) is 64.9 Å². The molecule has 0 fully saturated rings. The van der Waals surface area contributed by atoms with Gasteiger partial charge in [-0.3, -0.25) is 4.79 Å². The van der Waals surface area contributed by atoms with Crippen LogP contribution < -0.4 is 11.1 Å². The van der Waals surface area contributed by atoms with Crippen LogP contribution in [-0.2, 0) is 4.74 Å². The van der Waals surface area contributed by atoms with Crippen molar-refractivity contribution < 1.29 is 13.9 Å². The van der Waals surface area contributed by atoms with Crippen molar-refractivity contribution in [1.82, 2.24) is 4.98 Å². The summed E-state index contributed by atoms with van der Waals surface area (Å²) in [6.45, 7) is 2.02. The number of rotatable bonds is 4. The Bertz CT molecular complexity index is 912. The summed E-state index contributed by atoms with van der Waals surface area (Å²) in [6, 6.07) is 6.86. The zero-order valence-electron chi connectivity index (χ0n) is 14.6. The molecule has 0 saturated heterocycles. The van der Waals surface area contributed by atoms with E-state index in [0.717, 1.165) is 18.6 Å². The minimum atomic E-state index is -0.586. The van der Waals surface area contributed by atoms with Crippen molar-refractivity contribution in [2.24, 2.45) is 16.6 Å². The third-order valence-corrected chi connectivity index (χ3v) is 4.27. The molecule has 1 atom stereocenters. The summed E-state index contributed by atoms with van der Waals surface area (Å²) in [5.74, 6) is -0.0593. The number of benzene rings is 1. The Hall–Kier alpha value is -2.93. The van der Waals surface area contributed by atoms with Crippen LogP contribution in [0.3, 0.4) is 0 Å². The largest absolute Gasteiger partial charge is 0.431 e. The van der Waals surface area contributed by atoms with Crippen LogP contribution in [0.2, 0.25) is 5.02 Å². The molecule has 27 heavy (non-hydrogen) atoms. The quantitative estimate of drug-likeness (QED) is 0.600. The highest BCUT2D eigenvalue weighted by Gasteiger charge is 2.17. The molecule has 3 N–H and O–H groups in total. The molecular weight excluding hydrogens is 371 g/mol. The number of amides is 1. The molecule has 1 aliphatic rings. The number of nitrogens with one attached hydrogen (secondary N) is 1. The molecule has 0 aliphatic heterocycles. The van der Waals surface area contributed by atoms with Crippen LogP contribution >= 0.6 is 11.6 Å². The number of amidine groups is 1. The van der Waals surface area contributed by atoms with Crippen LogP contribution in [0.25, 0.3) is 0 Å². The van der Waals surface area contributed by atoms with E-state index in [1.807, 2.05) is 13.0 Å². The van der Waals surface area contributed by atoms with Gasteiger partial charge in [0.25, 0.3) is 11.9 Å². The lowest BCUT2D eigenvalue weighted by molar-refractivity contribution is 0.102. The molecule has 1 amide bonds. The average molecular weight is 389 g/mol. The van der Waals surface area contributed by atoms with Crippen molar-refractivity contribution >= 4 is 34.9 Å². The molecule has 1 aliphatic carbocycles. The first kappa shape index (κ1) is 18.8. The number of nitrogens with two attached hydrogens (primary N) is 1. The number of ether oxygens (including phenoxy) is 1. The Kier molecular flexibility index (Phi) is 5.71. The first-order chi connectivity index (χ1) is 12.9. The van der Waals surface area contributed by atoms with Gasteiger partial charge in [0.15, 0.2) is 0 Å². The second kappa shape index (κ2) is 8.18. The van der Waals surface area contributed by atoms with Gasteiger partial charge in [-0.2, -0.15) is 4.99 Å². The highest BCUT2D eigenvalue weighted by atomic mass is 35.5. The molecule has 1 aromatic carbocycles. The molecule has 6 nitrogen and oxygen atoms in total. The minimum absolute atomic E-state index is 0.0411. The lowest BCUT2D eigenvalue weighted by Gasteiger charge is -2.11. The average Bonchev–Trinajstić information content (AvgIpc) is 3.03. The van der Waals surface area contributed by atoms with Crippen LogP contribution in [0.1, 0.15) is 30.3 Å². The fourth-order valence-electron chi connectivity index (χ4n) is 2.60. The maximum atomic E-state index is 14.1. The maximum absolute atomic E-state index is 14.1. The fraction of sp³-hybridized carbons (Fsp3) is 0.211. The SMILES string of the molecule is C[C@H]1CCC=C1O/C(N)=N\c1cc(NC(=O)c2ccc(Cl)cn2)ccc1F. The molecule has 0 unspecified atom stereocenters. The van der Waals surface area contributed by atoms with Crippen molar-refractivity contribution in [3.8, 4) is 0 Å². The molecule has 1 heterocycles. The van der Waals surface area contributed by atoms with Gasteiger partial charge in [0.1, 0.15) is 23.0 Å². The number of allylic oxidation sites excluding steroid dienone is 2. The molecule has 0 spiro atoms. The van der Waals surface area contributed by atoms with E-state index in [2.05, 4.69) is 15.3 Å². The lowest BCUT2D eigenvalue weighted by atomic mass is 10.1. The van der Waals surface area contributed by atoms with E-state index in [9.17, 15) is 9.18 Å². The van der Waals surface area contributed by atoms with Crippen molar-refractivity contribution in [3.63, 3.8) is 0 Å². The van der Waals surface area contributed by atoms with E-state index in [4.69, 9.17) is 22.1 Å². The summed E-state index contributed by atoms with van der Waals surface area (Å²) in [5, 5.41) is 3.05. The van der Waals surface area contributed by atoms with E-state index >= 15 is 0 Å². The van der Waals surface area contributed by atoms with Gasteiger partial charge in [-0.1, -0.05) is 18.5 Å². The first-order valence-electron chi connectivity index (χ1n) is 8.37. The number of nitrogens with zero attached hydrogens (tertiary/aromatic N) is 2. The van der Waals surface area contributed by atoms with Crippen molar-refractivity contribution in [2.45, 2.75) is 19.8 Å². The summed E-state index contributed by atoms with van der Waals surface area (Å²) in [6.07, 6.45) is 5.21. The second-order valence-electron chi connectivity index (χ2n) is 6.12. The predicted octanol–water partition coefficient (Wildman–Crippen LogP) is 4.40. The van der Waals surface area contributed by atoms with Gasteiger partial charge in [-0.25, -0.2) is 9.37 Å². The van der Waals surface area contributed by atoms with E-state index in [-0.39, 0.29) is 23.3 Å². The summed E-state index contributed by atoms with van der Waals surface area (Å²) in [5.41, 5.74) is 6.27. The van der Waals surface area contributed by atoms with E-state index < -0.39 is 11.7 Å². The second-order valence-corrected chi connectivity index (χ2v) is 6.56. The predicted molar refractivity (Wildman–Crippen MR) is 102 cm³/mol. The number of carbonyl (C=O) groups is 1. The number of hydrogen-bond donors (Lipinski definition) is 2.